The molecule has 5 N–H and O–H groups in total. The summed E-state index contributed by atoms with van der Waals surface area (Å²) in [6.45, 7) is 3.73. The number of halogens is 4. The summed E-state index contributed by atoms with van der Waals surface area (Å²) in [5.41, 5.74) is 0.669. The maximum atomic E-state index is 15.4. The fourth-order valence-electron chi connectivity index (χ4n) is 3.59. The molecule has 1 aromatic rings. The predicted molar refractivity (Wildman–Crippen MR) is 141 cm³/mol. The van der Waals surface area contributed by atoms with Crippen LogP contribution in [-0.4, -0.2) is 81.8 Å². The van der Waals surface area contributed by atoms with Crippen LogP contribution >= 0.6 is 6.57 Å². The Morgan fingerprint density at radius 1 is 1.17 bits per heavy atom. The van der Waals surface area contributed by atoms with Gasteiger partial charge in [0.2, 0.25) is 0 Å². The van der Waals surface area contributed by atoms with Crippen molar-refractivity contribution in [3.63, 3.8) is 0 Å². The largest absolute Gasteiger partial charge is 0.462 e. The molecular weight excluding hydrogens is 601 g/mol. The van der Waals surface area contributed by atoms with Crippen molar-refractivity contribution in [2.75, 3.05) is 12.3 Å². The number of hydrogen-bond donors (Lipinski definition) is 4. The summed E-state index contributed by atoms with van der Waals surface area (Å²) in [6, 6.07) is -2.39. The van der Waals surface area contributed by atoms with E-state index in [1.165, 1.54) is 13.8 Å². The fourth-order valence-corrected chi connectivity index (χ4v) is 6.53. The van der Waals surface area contributed by atoms with Gasteiger partial charge in [-0.05, 0) is 53.3 Å². The second-order valence-electron chi connectivity index (χ2n) is 9.82. The maximum absolute atomic E-state index is 15.4. The van der Waals surface area contributed by atoms with Crippen molar-refractivity contribution in [1.82, 2.24) is 19.7 Å². The molecule has 0 bridgehead atoms. The molecule has 2 rings (SSSR count). The van der Waals surface area contributed by atoms with Crippen LogP contribution in [0.4, 0.5) is 23.4 Å². The number of aliphatic hydroxyl groups excluding tert-OH is 1. The van der Waals surface area contributed by atoms with E-state index in [0.29, 0.717) is 6.20 Å². The number of aliphatic hydroxyl groups is 1. The molecule has 19 heteroatoms. The van der Waals surface area contributed by atoms with Gasteiger partial charge in [-0.25, -0.2) is 32.5 Å². The number of nitrogen functional groups attached to an aromatic ring is 1. The van der Waals surface area contributed by atoms with Crippen LogP contribution in [-0.2, 0) is 40.1 Å². The Kier molecular flexibility index (Phi) is 11.8. The molecule has 234 valence electrons. The Morgan fingerprint density at radius 2 is 1.66 bits per heavy atom. The van der Waals surface area contributed by atoms with E-state index < -0.39 is 97.3 Å². The van der Waals surface area contributed by atoms with Crippen molar-refractivity contribution < 1.29 is 51.0 Å². The lowest BCUT2D eigenvalue weighted by Crippen LogP contribution is -2.52. The van der Waals surface area contributed by atoms with Gasteiger partial charge in [0.05, 0.1) is 25.0 Å². The maximum Gasteiger partial charge on any atom is 0.351 e. The molecule has 1 aliphatic heterocycles. The normalized spacial score (nSPS) is 25.8. The average Bonchev–Trinajstić information content (AvgIpc) is 3.10. The number of carbonyl (C=O) groups is 2. The quantitative estimate of drug-likeness (QED) is 0.139. The molecule has 2 heterocycles. The number of hydrogen-bond acceptors (Lipinski definition) is 11. The van der Waals surface area contributed by atoms with Gasteiger partial charge in [0.15, 0.2) is 36.2 Å². The molecule has 6 atom stereocenters. The molecule has 41 heavy (non-hydrogen) atoms. The first-order chi connectivity index (χ1) is 18.8. The van der Waals surface area contributed by atoms with Crippen molar-refractivity contribution in [2.24, 2.45) is 0 Å². The fraction of sp³-hybridized carbons (Fsp3) is 0.727. The number of nitrogens with two attached hydrogens (primary N) is 1. The Labute approximate surface area is 238 Å². The minimum absolute atomic E-state index is 0.271. The van der Waals surface area contributed by atoms with E-state index in [9.17, 15) is 32.7 Å². The summed E-state index contributed by atoms with van der Waals surface area (Å²) in [7, 11) is 0. The molecule has 1 aromatic heterocycles. The van der Waals surface area contributed by atoms with Gasteiger partial charge in [0, 0.05) is 0 Å². The van der Waals surface area contributed by atoms with Crippen LogP contribution in [0.25, 0.3) is 0 Å². The van der Waals surface area contributed by atoms with Crippen LogP contribution in [0.5, 0.6) is 0 Å². The number of rotatable bonds is 13. The highest BCUT2D eigenvalue weighted by atomic mass is 32.4. The second kappa shape index (κ2) is 13.8. The Morgan fingerprint density at radius 3 is 2.10 bits per heavy atom. The van der Waals surface area contributed by atoms with Crippen molar-refractivity contribution >= 4 is 36.1 Å². The zero-order valence-electron chi connectivity index (χ0n) is 23.0. The highest BCUT2D eigenvalue weighted by Gasteiger charge is 2.62. The van der Waals surface area contributed by atoms with Gasteiger partial charge in [-0.2, -0.15) is 4.98 Å². The molecule has 1 aliphatic rings. The standard InChI is InChI=1S/C22H34F4N5O8PS/c1-9(2)37-18(33)11(5)29-40(41,30-12(6)19(34)38-10(3)4)36-8-22(20(25)26)15(24)14(32)17(39-22)31-7-13(23)16(27)28-21(31)35/h7,9-12,14-15,17,20,32H,8H2,1-6H3,(H2,27,28,35)(H2,29,30,41). The molecule has 0 aliphatic carbocycles. The van der Waals surface area contributed by atoms with Gasteiger partial charge < -0.3 is 29.6 Å². The van der Waals surface area contributed by atoms with Crippen molar-refractivity contribution in [3.05, 3.63) is 22.5 Å². The van der Waals surface area contributed by atoms with E-state index in [-0.39, 0.29) is 4.57 Å². The molecule has 6 unspecified atom stereocenters. The van der Waals surface area contributed by atoms with E-state index in [4.69, 9.17) is 36.3 Å². The molecule has 0 spiro atoms. The first kappa shape index (κ1) is 35.0. The number of alkyl halides is 3. The minimum Gasteiger partial charge on any atom is -0.462 e. The number of esters is 2. The summed E-state index contributed by atoms with van der Waals surface area (Å²) in [4.78, 5) is 40.2. The van der Waals surface area contributed by atoms with E-state index in [0.717, 1.165) is 0 Å². The molecule has 1 fully saturated rings. The third-order valence-corrected chi connectivity index (χ3v) is 8.48. The highest BCUT2D eigenvalue weighted by molar-refractivity contribution is 8.10. The summed E-state index contributed by atoms with van der Waals surface area (Å²) in [5.74, 6) is -3.66. The monoisotopic (exact) mass is 635 g/mol. The molecule has 0 aromatic carbocycles. The molecule has 0 saturated carbocycles. The van der Waals surface area contributed by atoms with E-state index in [2.05, 4.69) is 15.2 Å². The zero-order chi connectivity index (χ0) is 31.4. The number of anilines is 1. The van der Waals surface area contributed by atoms with Crippen LogP contribution in [0.1, 0.15) is 47.8 Å². The van der Waals surface area contributed by atoms with Crippen LogP contribution in [0, 0.1) is 5.82 Å². The molecule has 0 radical (unpaired) electrons. The summed E-state index contributed by atoms with van der Waals surface area (Å²) in [6.07, 6.45) is -11.8. The SMILES string of the molecule is CC(C)OC(=O)C(C)NP(=S)(NC(C)C(=O)OC(C)C)OCC1(C(F)F)OC(n2cc(F)c(N)nc2=O)C(O)C1F. The number of nitrogens with one attached hydrogen (secondary N) is 2. The average molecular weight is 636 g/mol. The third kappa shape index (κ3) is 8.43. The summed E-state index contributed by atoms with van der Waals surface area (Å²) >= 11 is 5.47. The van der Waals surface area contributed by atoms with Gasteiger partial charge in [0.1, 0.15) is 18.2 Å². The zero-order valence-corrected chi connectivity index (χ0v) is 24.8. The van der Waals surface area contributed by atoms with Gasteiger partial charge in [-0.1, -0.05) is 0 Å². The van der Waals surface area contributed by atoms with Gasteiger partial charge in [-0.3, -0.25) is 14.2 Å². The molecule has 13 nitrogen and oxygen atoms in total. The van der Waals surface area contributed by atoms with Crippen LogP contribution in [0.3, 0.4) is 0 Å². The van der Waals surface area contributed by atoms with Gasteiger partial charge in [-0.15, -0.1) is 0 Å². The van der Waals surface area contributed by atoms with Gasteiger partial charge >= 0.3 is 17.6 Å². The summed E-state index contributed by atoms with van der Waals surface area (Å²) in [5, 5.41) is 15.6. The number of nitrogens with zero attached hydrogens (tertiary/aromatic N) is 2. The Hall–Kier alpha value is -2.21. The number of carbonyl (C=O) groups excluding carboxylic acids is 2. The molecular formula is C22H34F4N5O8PS. The Balaban J connectivity index is 2.41. The lowest BCUT2D eigenvalue weighted by molar-refractivity contribution is -0.182. The smallest absolute Gasteiger partial charge is 0.351 e. The minimum atomic E-state index is -3.91. The Bertz CT molecular complexity index is 1180. The highest BCUT2D eigenvalue weighted by Crippen LogP contribution is 2.47. The first-order valence-corrected chi connectivity index (χ1v) is 15.1. The van der Waals surface area contributed by atoms with Crippen molar-refractivity contribution in [3.8, 4) is 0 Å². The van der Waals surface area contributed by atoms with Crippen molar-refractivity contribution in [1.29, 1.82) is 0 Å². The van der Waals surface area contributed by atoms with E-state index in [1.807, 2.05) is 0 Å². The van der Waals surface area contributed by atoms with Gasteiger partial charge in [0.25, 0.3) is 6.43 Å². The third-order valence-electron chi connectivity index (χ3n) is 5.59. The molecule has 1 saturated heterocycles. The van der Waals surface area contributed by atoms with E-state index in [1.54, 1.807) is 27.7 Å². The van der Waals surface area contributed by atoms with E-state index >= 15 is 4.39 Å². The number of aromatic nitrogens is 2. The topological polar surface area (TPSA) is 176 Å². The molecule has 0 amide bonds. The van der Waals surface area contributed by atoms with Crippen molar-refractivity contribution in [2.45, 2.75) is 96.4 Å². The number of ether oxygens (including phenoxy) is 3. The van der Waals surface area contributed by atoms with Crippen LogP contribution < -0.4 is 21.6 Å². The van der Waals surface area contributed by atoms with Crippen LogP contribution in [0.15, 0.2) is 11.0 Å². The predicted octanol–water partition coefficient (Wildman–Crippen LogP) is 1.30. The lowest BCUT2D eigenvalue weighted by atomic mass is 9.98. The summed E-state index contributed by atoms with van der Waals surface area (Å²) < 4.78 is 79.4. The first-order valence-electron chi connectivity index (χ1n) is 12.4. The lowest BCUT2D eigenvalue weighted by Gasteiger charge is -2.35. The second-order valence-corrected chi connectivity index (χ2v) is 13.2. The van der Waals surface area contributed by atoms with Crippen LogP contribution in [0.2, 0.25) is 0 Å².